The number of benzene rings is 1. The molecular formula is C15H13IN4. The Morgan fingerprint density at radius 3 is 2.65 bits per heavy atom. The van der Waals surface area contributed by atoms with Gasteiger partial charge in [-0.1, -0.05) is 24.3 Å². The number of anilines is 1. The Hall–Kier alpha value is -1.76. The number of fused-ring (bicyclic) bond motifs is 1. The van der Waals surface area contributed by atoms with E-state index in [-0.39, 0.29) is 0 Å². The number of halogens is 1. The third-order valence-corrected chi connectivity index (χ3v) is 3.57. The highest BCUT2D eigenvalue weighted by atomic mass is 127. The molecule has 0 radical (unpaired) electrons. The normalized spacial score (nSPS) is 10.7. The zero-order chi connectivity index (χ0) is 13.8. The van der Waals surface area contributed by atoms with Crippen molar-refractivity contribution in [2.24, 2.45) is 0 Å². The minimum Gasteiger partial charge on any atom is -0.354 e. The summed E-state index contributed by atoms with van der Waals surface area (Å²) < 4.78 is 1.03. The van der Waals surface area contributed by atoms with Crippen molar-refractivity contribution >= 4 is 39.4 Å². The van der Waals surface area contributed by atoms with Crippen LogP contribution in [0.15, 0.2) is 48.9 Å². The number of pyridine rings is 1. The largest absolute Gasteiger partial charge is 0.354 e. The fraction of sp³-hybridized carbons (Fsp3) is 0.133. The van der Waals surface area contributed by atoms with Gasteiger partial charge in [0, 0.05) is 34.1 Å². The Balaban J connectivity index is 1.69. The van der Waals surface area contributed by atoms with Crippen molar-refractivity contribution in [1.29, 1.82) is 0 Å². The molecule has 2 heterocycles. The SMILES string of the molecule is Ic1cnc(NCCc2cccc3cccnc23)nc1. The Morgan fingerprint density at radius 1 is 1.00 bits per heavy atom. The summed E-state index contributed by atoms with van der Waals surface area (Å²) in [6, 6.07) is 10.3. The average molecular weight is 376 g/mol. The van der Waals surface area contributed by atoms with Crippen LogP contribution in [0.2, 0.25) is 0 Å². The van der Waals surface area contributed by atoms with Crippen molar-refractivity contribution in [3.63, 3.8) is 0 Å². The predicted octanol–water partition coefficient (Wildman–Crippen LogP) is 3.28. The van der Waals surface area contributed by atoms with E-state index in [2.05, 4.69) is 67.1 Å². The van der Waals surface area contributed by atoms with E-state index in [0.717, 1.165) is 22.1 Å². The minimum atomic E-state index is 0.665. The van der Waals surface area contributed by atoms with Gasteiger partial charge in [-0.2, -0.15) is 0 Å². The first-order chi connectivity index (χ1) is 9.83. The smallest absolute Gasteiger partial charge is 0.222 e. The van der Waals surface area contributed by atoms with Crippen LogP contribution in [0.1, 0.15) is 5.56 Å². The molecule has 0 aliphatic heterocycles. The second kappa shape index (κ2) is 6.13. The van der Waals surface area contributed by atoms with Gasteiger partial charge in [0.1, 0.15) is 0 Å². The quantitative estimate of drug-likeness (QED) is 0.711. The molecule has 100 valence electrons. The van der Waals surface area contributed by atoms with E-state index < -0.39 is 0 Å². The summed E-state index contributed by atoms with van der Waals surface area (Å²) in [5.41, 5.74) is 2.31. The topological polar surface area (TPSA) is 50.7 Å². The number of aromatic nitrogens is 3. The van der Waals surface area contributed by atoms with E-state index in [0.29, 0.717) is 5.95 Å². The van der Waals surface area contributed by atoms with Crippen molar-refractivity contribution in [3.8, 4) is 0 Å². The van der Waals surface area contributed by atoms with Crippen molar-refractivity contribution in [2.75, 3.05) is 11.9 Å². The van der Waals surface area contributed by atoms with E-state index in [1.54, 1.807) is 12.4 Å². The molecule has 3 rings (SSSR count). The number of para-hydroxylation sites is 1. The van der Waals surface area contributed by atoms with Gasteiger partial charge in [-0.15, -0.1) is 0 Å². The molecule has 0 spiro atoms. The molecule has 1 N–H and O–H groups in total. The lowest BCUT2D eigenvalue weighted by atomic mass is 10.1. The molecule has 0 saturated carbocycles. The fourth-order valence-corrected chi connectivity index (χ4v) is 2.36. The lowest BCUT2D eigenvalue weighted by Gasteiger charge is -2.07. The van der Waals surface area contributed by atoms with Gasteiger partial charge in [0.15, 0.2) is 0 Å². The summed E-state index contributed by atoms with van der Waals surface area (Å²) >= 11 is 2.19. The van der Waals surface area contributed by atoms with Gasteiger partial charge < -0.3 is 5.32 Å². The van der Waals surface area contributed by atoms with Gasteiger partial charge in [0.05, 0.1) is 5.52 Å². The maximum absolute atomic E-state index is 4.46. The Bertz CT molecular complexity index is 707. The third-order valence-electron chi connectivity index (χ3n) is 3.01. The van der Waals surface area contributed by atoms with Crippen LogP contribution in [0.3, 0.4) is 0 Å². The molecule has 5 heteroatoms. The highest BCUT2D eigenvalue weighted by molar-refractivity contribution is 14.1. The molecule has 4 nitrogen and oxygen atoms in total. The molecule has 0 amide bonds. The third kappa shape index (κ3) is 3.04. The molecule has 0 fully saturated rings. The Morgan fingerprint density at radius 2 is 1.80 bits per heavy atom. The summed E-state index contributed by atoms with van der Waals surface area (Å²) in [4.78, 5) is 12.9. The van der Waals surface area contributed by atoms with E-state index in [4.69, 9.17) is 0 Å². The molecule has 0 saturated heterocycles. The maximum atomic E-state index is 4.46. The van der Waals surface area contributed by atoms with Crippen LogP contribution in [0.5, 0.6) is 0 Å². The fourth-order valence-electron chi connectivity index (χ4n) is 2.08. The van der Waals surface area contributed by atoms with Crippen LogP contribution in [0, 0.1) is 3.57 Å². The van der Waals surface area contributed by atoms with Gasteiger partial charge in [-0.25, -0.2) is 9.97 Å². The molecule has 1 aromatic carbocycles. The molecule has 2 aromatic heterocycles. The van der Waals surface area contributed by atoms with Gasteiger partial charge in [-0.3, -0.25) is 4.98 Å². The molecule has 0 aliphatic carbocycles. The van der Waals surface area contributed by atoms with E-state index >= 15 is 0 Å². The summed E-state index contributed by atoms with van der Waals surface area (Å²) in [5.74, 6) is 0.665. The molecular weight excluding hydrogens is 363 g/mol. The first-order valence-electron chi connectivity index (χ1n) is 6.37. The first-order valence-corrected chi connectivity index (χ1v) is 7.45. The molecule has 0 aliphatic rings. The van der Waals surface area contributed by atoms with Crippen LogP contribution in [-0.4, -0.2) is 21.5 Å². The lowest BCUT2D eigenvalue weighted by molar-refractivity contribution is 0.985. The highest BCUT2D eigenvalue weighted by Gasteiger charge is 2.02. The average Bonchev–Trinajstić information content (AvgIpc) is 2.49. The second-order valence-corrected chi connectivity index (χ2v) is 5.64. The Labute approximate surface area is 130 Å². The zero-order valence-electron chi connectivity index (χ0n) is 10.8. The first kappa shape index (κ1) is 13.2. The van der Waals surface area contributed by atoms with Gasteiger partial charge in [0.25, 0.3) is 0 Å². The van der Waals surface area contributed by atoms with Crippen molar-refractivity contribution < 1.29 is 0 Å². The predicted molar refractivity (Wildman–Crippen MR) is 88.7 cm³/mol. The van der Waals surface area contributed by atoms with Crippen molar-refractivity contribution in [2.45, 2.75) is 6.42 Å². The van der Waals surface area contributed by atoms with Gasteiger partial charge >= 0.3 is 0 Å². The van der Waals surface area contributed by atoms with Crippen LogP contribution >= 0.6 is 22.6 Å². The standard InChI is InChI=1S/C15H13IN4/c16-13-9-19-15(20-10-13)18-8-6-12-4-1-3-11-5-2-7-17-14(11)12/h1-5,7,9-10H,6,8H2,(H,18,19,20). The van der Waals surface area contributed by atoms with Gasteiger partial charge in [0.2, 0.25) is 5.95 Å². The van der Waals surface area contributed by atoms with Crippen molar-refractivity contribution in [3.05, 3.63) is 58.1 Å². The molecule has 20 heavy (non-hydrogen) atoms. The van der Waals surface area contributed by atoms with Crippen LogP contribution in [-0.2, 0) is 6.42 Å². The zero-order valence-corrected chi connectivity index (χ0v) is 12.9. The van der Waals surface area contributed by atoms with Gasteiger partial charge in [-0.05, 0) is 40.6 Å². The number of nitrogens with one attached hydrogen (secondary N) is 1. The van der Waals surface area contributed by atoms with E-state index in [9.17, 15) is 0 Å². The summed E-state index contributed by atoms with van der Waals surface area (Å²) in [5, 5.41) is 4.41. The van der Waals surface area contributed by atoms with Crippen LogP contribution in [0.4, 0.5) is 5.95 Å². The highest BCUT2D eigenvalue weighted by Crippen LogP contribution is 2.16. The minimum absolute atomic E-state index is 0.665. The number of hydrogen-bond donors (Lipinski definition) is 1. The molecule has 0 bridgehead atoms. The summed E-state index contributed by atoms with van der Waals surface area (Å²) in [6.45, 7) is 0.788. The molecule has 3 aromatic rings. The lowest BCUT2D eigenvalue weighted by Crippen LogP contribution is -2.08. The number of hydrogen-bond acceptors (Lipinski definition) is 4. The van der Waals surface area contributed by atoms with Crippen LogP contribution in [0.25, 0.3) is 10.9 Å². The van der Waals surface area contributed by atoms with E-state index in [1.807, 2.05) is 12.3 Å². The number of rotatable bonds is 4. The second-order valence-electron chi connectivity index (χ2n) is 4.39. The summed E-state index contributed by atoms with van der Waals surface area (Å²) in [7, 11) is 0. The summed E-state index contributed by atoms with van der Waals surface area (Å²) in [6.07, 6.45) is 6.33. The number of nitrogens with zero attached hydrogens (tertiary/aromatic N) is 3. The monoisotopic (exact) mass is 376 g/mol. The maximum Gasteiger partial charge on any atom is 0.222 e. The van der Waals surface area contributed by atoms with Crippen LogP contribution < -0.4 is 5.32 Å². The van der Waals surface area contributed by atoms with E-state index in [1.165, 1.54) is 10.9 Å². The van der Waals surface area contributed by atoms with Crippen molar-refractivity contribution in [1.82, 2.24) is 15.0 Å². The molecule has 0 atom stereocenters. The molecule has 0 unspecified atom stereocenters. The Kier molecular flexibility index (Phi) is 4.05.